The smallest absolute Gasteiger partial charge is 0.119 e. The Balaban J connectivity index is 1.88. The molecule has 0 unspecified atom stereocenters. The van der Waals surface area contributed by atoms with Gasteiger partial charge in [0.05, 0.1) is 13.2 Å². The summed E-state index contributed by atoms with van der Waals surface area (Å²) in [5, 5.41) is 3.66. The van der Waals surface area contributed by atoms with E-state index in [1.165, 1.54) is 30.4 Å². The zero-order chi connectivity index (χ0) is 12.9. The van der Waals surface area contributed by atoms with E-state index in [1.54, 1.807) is 7.11 Å². The molecule has 0 saturated carbocycles. The van der Waals surface area contributed by atoms with Gasteiger partial charge in [-0.3, -0.25) is 0 Å². The summed E-state index contributed by atoms with van der Waals surface area (Å²) in [6, 6.07) is 7.10. The van der Waals surface area contributed by atoms with Gasteiger partial charge < -0.3 is 14.8 Å². The normalized spacial score (nSPS) is 36.3. The van der Waals surface area contributed by atoms with Gasteiger partial charge in [-0.25, -0.2) is 0 Å². The molecule has 0 spiro atoms. The van der Waals surface area contributed by atoms with Gasteiger partial charge >= 0.3 is 0 Å². The minimum absolute atomic E-state index is 0.232. The summed E-state index contributed by atoms with van der Waals surface area (Å²) in [5.74, 6) is 0.981. The van der Waals surface area contributed by atoms with Crippen molar-refractivity contribution in [2.24, 2.45) is 0 Å². The lowest BCUT2D eigenvalue weighted by atomic mass is 9.59. The van der Waals surface area contributed by atoms with E-state index in [0.29, 0.717) is 12.1 Å². The largest absolute Gasteiger partial charge is 0.497 e. The lowest BCUT2D eigenvalue weighted by Gasteiger charge is -2.55. The standard InChI is InChI=1S/C16H21NO2/c1-18-12-4-3-11-9-14-15-16(6-7-17-14,13(11)10-12)5-2-8-19-15/h3-4,10,14-15,17H,2,5-9H2,1H3/t14-,15+,16+/m1/s1. The van der Waals surface area contributed by atoms with Crippen LogP contribution in [0.4, 0.5) is 0 Å². The minimum atomic E-state index is 0.232. The first-order chi connectivity index (χ1) is 9.33. The van der Waals surface area contributed by atoms with E-state index < -0.39 is 0 Å². The molecular formula is C16H21NO2. The molecule has 0 amide bonds. The predicted molar refractivity (Wildman–Crippen MR) is 73.8 cm³/mol. The minimum Gasteiger partial charge on any atom is -0.497 e. The van der Waals surface area contributed by atoms with Crippen molar-refractivity contribution in [2.75, 3.05) is 20.3 Å². The van der Waals surface area contributed by atoms with Crippen molar-refractivity contribution in [3.63, 3.8) is 0 Å². The Morgan fingerprint density at radius 1 is 1.37 bits per heavy atom. The molecular weight excluding hydrogens is 238 g/mol. The molecule has 4 rings (SSSR count). The van der Waals surface area contributed by atoms with Gasteiger partial charge in [0, 0.05) is 18.1 Å². The molecule has 3 heteroatoms. The zero-order valence-corrected chi connectivity index (χ0v) is 11.4. The van der Waals surface area contributed by atoms with Crippen LogP contribution in [0.3, 0.4) is 0 Å². The molecule has 3 aliphatic rings. The molecule has 2 heterocycles. The average molecular weight is 259 g/mol. The summed E-state index contributed by atoms with van der Waals surface area (Å²) in [5.41, 5.74) is 3.21. The van der Waals surface area contributed by atoms with Gasteiger partial charge in [-0.1, -0.05) is 6.07 Å². The third-order valence-electron chi connectivity index (χ3n) is 5.25. The first kappa shape index (κ1) is 11.7. The number of methoxy groups -OCH3 is 1. The van der Waals surface area contributed by atoms with Gasteiger partial charge in [0.25, 0.3) is 0 Å². The molecule has 0 radical (unpaired) electrons. The van der Waals surface area contributed by atoms with Crippen LogP contribution >= 0.6 is 0 Å². The molecule has 2 fully saturated rings. The molecule has 1 N–H and O–H groups in total. The Labute approximate surface area is 114 Å². The molecule has 0 aromatic heterocycles. The van der Waals surface area contributed by atoms with E-state index in [4.69, 9.17) is 9.47 Å². The molecule has 2 saturated heterocycles. The Morgan fingerprint density at radius 3 is 3.21 bits per heavy atom. The summed E-state index contributed by atoms with van der Waals surface area (Å²) >= 11 is 0. The second kappa shape index (κ2) is 4.22. The maximum absolute atomic E-state index is 6.17. The third-order valence-corrected chi connectivity index (χ3v) is 5.25. The van der Waals surface area contributed by atoms with E-state index in [1.807, 2.05) is 0 Å². The van der Waals surface area contributed by atoms with E-state index in [0.717, 1.165) is 25.3 Å². The van der Waals surface area contributed by atoms with Crippen molar-refractivity contribution in [3.05, 3.63) is 29.3 Å². The fourth-order valence-electron chi connectivity index (χ4n) is 4.42. The molecule has 2 bridgehead atoms. The second-order valence-electron chi connectivity index (χ2n) is 6.09. The first-order valence-electron chi connectivity index (χ1n) is 7.36. The van der Waals surface area contributed by atoms with Gasteiger partial charge in [0.1, 0.15) is 5.75 Å². The molecule has 1 aliphatic carbocycles. The van der Waals surface area contributed by atoms with Crippen LogP contribution in [0.25, 0.3) is 0 Å². The lowest BCUT2D eigenvalue weighted by Crippen LogP contribution is -2.64. The molecule has 102 valence electrons. The number of ether oxygens (including phenoxy) is 2. The summed E-state index contributed by atoms with van der Waals surface area (Å²) in [6.07, 6.45) is 5.07. The quantitative estimate of drug-likeness (QED) is 0.837. The SMILES string of the molecule is COc1ccc2c(c1)[C@@]13CCCO[C@H]1[C@@H](C2)NCC3. The highest BCUT2D eigenvalue weighted by atomic mass is 16.5. The number of nitrogens with one attached hydrogen (secondary N) is 1. The number of benzene rings is 1. The average Bonchev–Trinajstić information content (AvgIpc) is 2.47. The first-order valence-corrected chi connectivity index (χ1v) is 7.36. The lowest BCUT2D eigenvalue weighted by molar-refractivity contribution is -0.0887. The third kappa shape index (κ3) is 1.58. The van der Waals surface area contributed by atoms with Crippen LogP contribution < -0.4 is 10.1 Å². The fourth-order valence-corrected chi connectivity index (χ4v) is 4.42. The van der Waals surface area contributed by atoms with Crippen molar-refractivity contribution in [1.82, 2.24) is 5.32 Å². The number of piperidine rings is 1. The van der Waals surface area contributed by atoms with Crippen LogP contribution in [0.1, 0.15) is 30.4 Å². The van der Waals surface area contributed by atoms with Gasteiger partial charge in [-0.05, 0) is 55.5 Å². The van der Waals surface area contributed by atoms with E-state index in [-0.39, 0.29) is 5.41 Å². The number of hydrogen-bond acceptors (Lipinski definition) is 3. The maximum Gasteiger partial charge on any atom is 0.119 e. The monoisotopic (exact) mass is 259 g/mol. The Kier molecular flexibility index (Phi) is 2.61. The molecule has 19 heavy (non-hydrogen) atoms. The molecule has 1 aromatic carbocycles. The number of hydrogen-bond donors (Lipinski definition) is 1. The van der Waals surface area contributed by atoms with Crippen molar-refractivity contribution in [1.29, 1.82) is 0 Å². The second-order valence-corrected chi connectivity index (χ2v) is 6.09. The van der Waals surface area contributed by atoms with Crippen LogP contribution in [-0.4, -0.2) is 32.4 Å². The van der Waals surface area contributed by atoms with Gasteiger partial charge in [-0.15, -0.1) is 0 Å². The van der Waals surface area contributed by atoms with Crippen LogP contribution in [-0.2, 0) is 16.6 Å². The van der Waals surface area contributed by atoms with Crippen molar-refractivity contribution < 1.29 is 9.47 Å². The van der Waals surface area contributed by atoms with Crippen LogP contribution in [0, 0.1) is 0 Å². The topological polar surface area (TPSA) is 30.5 Å². The highest BCUT2D eigenvalue weighted by molar-refractivity contribution is 5.46. The van der Waals surface area contributed by atoms with Gasteiger partial charge in [0.15, 0.2) is 0 Å². The van der Waals surface area contributed by atoms with E-state index in [9.17, 15) is 0 Å². The Bertz CT molecular complexity index is 498. The molecule has 1 aromatic rings. The fraction of sp³-hybridized carbons (Fsp3) is 0.625. The Hall–Kier alpha value is -1.06. The van der Waals surface area contributed by atoms with Crippen molar-refractivity contribution in [3.8, 4) is 5.75 Å². The summed E-state index contributed by atoms with van der Waals surface area (Å²) in [7, 11) is 1.75. The molecule has 2 aliphatic heterocycles. The predicted octanol–water partition coefficient (Wildman–Crippen LogP) is 2.03. The summed E-state index contributed by atoms with van der Waals surface area (Å²) < 4.78 is 11.6. The Morgan fingerprint density at radius 2 is 2.32 bits per heavy atom. The van der Waals surface area contributed by atoms with E-state index in [2.05, 4.69) is 23.5 Å². The summed E-state index contributed by atoms with van der Waals surface area (Å²) in [4.78, 5) is 0. The van der Waals surface area contributed by atoms with Crippen molar-refractivity contribution in [2.45, 2.75) is 43.2 Å². The number of fused-ring (bicyclic) bond motifs is 1. The maximum atomic E-state index is 6.17. The van der Waals surface area contributed by atoms with Crippen LogP contribution in [0.2, 0.25) is 0 Å². The van der Waals surface area contributed by atoms with E-state index >= 15 is 0 Å². The number of rotatable bonds is 1. The van der Waals surface area contributed by atoms with Crippen LogP contribution in [0.15, 0.2) is 18.2 Å². The summed E-state index contributed by atoms with van der Waals surface area (Å²) in [6.45, 7) is 2.03. The van der Waals surface area contributed by atoms with Crippen molar-refractivity contribution >= 4 is 0 Å². The molecule has 3 nitrogen and oxygen atoms in total. The highest BCUT2D eigenvalue weighted by Crippen LogP contribution is 2.49. The molecule has 3 atom stereocenters. The zero-order valence-electron chi connectivity index (χ0n) is 11.4. The van der Waals surface area contributed by atoms with Gasteiger partial charge in [-0.2, -0.15) is 0 Å². The van der Waals surface area contributed by atoms with Gasteiger partial charge in [0.2, 0.25) is 0 Å². The highest BCUT2D eigenvalue weighted by Gasteiger charge is 2.52. The van der Waals surface area contributed by atoms with Crippen LogP contribution in [0.5, 0.6) is 5.75 Å².